The van der Waals surface area contributed by atoms with Gasteiger partial charge in [-0.15, -0.1) is 0 Å². The molecule has 0 saturated carbocycles. The van der Waals surface area contributed by atoms with E-state index in [4.69, 9.17) is 4.52 Å². The zero-order valence-electron chi connectivity index (χ0n) is 15.6. The van der Waals surface area contributed by atoms with Crippen LogP contribution >= 0.6 is 0 Å². The highest BCUT2D eigenvalue weighted by atomic mass is 19.1. The number of piperazine rings is 1. The molecule has 1 N–H and O–H groups in total. The second-order valence-corrected chi connectivity index (χ2v) is 7.30. The molecule has 3 heterocycles. The van der Waals surface area contributed by atoms with E-state index in [1.165, 1.54) is 12.1 Å². The number of fused-ring (bicyclic) bond motifs is 2. The van der Waals surface area contributed by atoms with Crippen LogP contribution in [0.3, 0.4) is 0 Å². The number of nitrogens with one attached hydrogen (secondary N) is 1. The van der Waals surface area contributed by atoms with Crippen LogP contribution in [-0.2, 0) is 4.79 Å². The number of amides is 2. The van der Waals surface area contributed by atoms with Gasteiger partial charge in [-0.25, -0.2) is 8.91 Å². The molecule has 1 saturated heterocycles. The number of carbonyl (C=O) groups excluding carboxylic acids is 2. The molecule has 3 unspecified atom stereocenters. The van der Waals surface area contributed by atoms with Crippen LogP contribution in [0, 0.1) is 5.82 Å². The molecule has 2 aromatic carbocycles. The van der Waals surface area contributed by atoms with Gasteiger partial charge < -0.3 is 10.2 Å². The Hall–Kier alpha value is -3.55. The second kappa shape index (κ2) is 6.51. The minimum Gasteiger partial charge on any atom is -0.346 e. The van der Waals surface area contributed by atoms with E-state index in [0.717, 1.165) is 5.56 Å². The van der Waals surface area contributed by atoms with Crippen molar-refractivity contribution in [3.8, 4) is 11.5 Å². The van der Waals surface area contributed by atoms with E-state index in [1.54, 1.807) is 21.6 Å². The van der Waals surface area contributed by atoms with Gasteiger partial charge in [-0.3, -0.25) is 9.59 Å². The summed E-state index contributed by atoms with van der Waals surface area (Å²) in [4.78, 5) is 27.7. The number of nitrogens with zero attached hydrogens (tertiary/aromatic N) is 3. The van der Waals surface area contributed by atoms with Crippen LogP contribution in [0.2, 0.25) is 0 Å². The number of halogens is 1. The topological polar surface area (TPSA) is 79.3 Å². The first-order valence-electron chi connectivity index (χ1n) is 9.38. The molecule has 7 nitrogen and oxygen atoms in total. The summed E-state index contributed by atoms with van der Waals surface area (Å²) in [6, 6.07) is 13.9. The van der Waals surface area contributed by atoms with Gasteiger partial charge in [0.2, 0.25) is 5.91 Å². The average Bonchev–Trinajstić information content (AvgIpc) is 3.18. The Morgan fingerprint density at radius 2 is 1.86 bits per heavy atom. The molecule has 3 aromatic rings. The van der Waals surface area contributed by atoms with E-state index in [1.807, 2.05) is 37.3 Å². The molecule has 0 aliphatic carbocycles. The number of hydrogen-bond acceptors (Lipinski definition) is 4. The van der Waals surface area contributed by atoms with Crippen molar-refractivity contribution in [1.82, 2.24) is 15.4 Å². The van der Waals surface area contributed by atoms with Crippen LogP contribution in [0.4, 0.5) is 4.39 Å². The van der Waals surface area contributed by atoms with Gasteiger partial charge in [-0.2, -0.15) is 4.57 Å². The Bertz CT molecular complexity index is 1100. The van der Waals surface area contributed by atoms with Crippen LogP contribution < -0.4 is 9.88 Å². The lowest BCUT2D eigenvalue weighted by Crippen LogP contribution is -2.69. The molecule has 1 fully saturated rings. The van der Waals surface area contributed by atoms with Crippen LogP contribution in [0.1, 0.15) is 35.2 Å². The maximum absolute atomic E-state index is 13.3. The fourth-order valence-corrected chi connectivity index (χ4v) is 4.16. The molecule has 2 amide bonds. The molecule has 146 valence electrons. The quantitative estimate of drug-likeness (QED) is 0.676. The Labute approximate surface area is 165 Å². The van der Waals surface area contributed by atoms with Gasteiger partial charge in [-0.1, -0.05) is 30.3 Å². The first-order chi connectivity index (χ1) is 14.0. The first kappa shape index (κ1) is 17.5. The largest absolute Gasteiger partial charge is 0.438 e. The molecule has 2 aliphatic rings. The van der Waals surface area contributed by atoms with Crippen LogP contribution in [-0.4, -0.2) is 34.5 Å². The van der Waals surface area contributed by atoms with Crippen molar-refractivity contribution in [2.24, 2.45) is 0 Å². The fraction of sp³-hybridized carbons (Fsp3) is 0.238. The van der Waals surface area contributed by atoms with E-state index >= 15 is 0 Å². The van der Waals surface area contributed by atoms with Crippen molar-refractivity contribution in [1.29, 1.82) is 0 Å². The van der Waals surface area contributed by atoms with E-state index in [9.17, 15) is 14.0 Å². The zero-order valence-corrected chi connectivity index (χ0v) is 15.6. The third-order valence-corrected chi connectivity index (χ3v) is 5.58. The number of hydrogen-bond donors (Lipinski definition) is 1. The lowest BCUT2D eigenvalue weighted by molar-refractivity contribution is -0.721. The lowest BCUT2D eigenvalue weighted by Gasteiger charge is -2.42. The third kappa shape index (κ3) is 2.71. The van der Waals surface area contributed by atoms with Gasteiger partial charge in [0.1, 0.15) is 11.9 Å². The molecular weight excluding hydrogens is 375 g/mol. The normalized spacial score (nSPS) is 23.4. The maximum atomic E-state index is 13.3. The Morgan fingerprint density at radius 3 is 2.59 bits per heavy atom. The standard InChI is InChI=1S/C21H17FN4O3/c1-12-17-19(27)23-16(13-5-3-2-4-6-13)11-25(17)20(28)18-24-29-21(26(12)18)14-7-9-15(22)10-8-14/h2-10,12,16-17H,11H2,1H3/p+1. The summed E-state index contributed by atoms with van der Waals surface area (Å²) in [5.74, 6) is -0.509. The summed E-state index contributed by atoms with van der Waals surface area (Å²) in [5.41, 5.74) is 1.52. The van der Waals surface area contributed by atoms with Crippen molar-refractivity contribution in [2.45, 2.75) is 25.0 Å². The number of rotatable bonds is 2. The summed E-state index contributed by atoms with van der Waals surface area (Å²) < 4.78 is 20.4. The van der Waals surface area contributed by atoms with Gasteiger partial charge in [0, 0.05) is 6.54 Å². The Kier molecular flexibility index (Phi) is 3.94. The molecule has 0 radical (unpaired) electrons. The van der Waals surface area contributed by atoms with Gasteiger partial charge in [0.15, 0.2) is 11.2 Å². The molecular formula is C21H18FN4O3+. The minimum absolute atomic E-state index is 0.134. The van der Waals surface area contributed by atoms with E-state index in [2.05, 4.69) is 10.5 Å². The molecule has 3 atom stereocenters. The van der Waals surface area contributed by atoms with Crippen molar-refractivity contribution >= 4 is 11.8 Å². The summed E-state index contributed by atoms with van der Waals surface area (Å²) in [5, 5.41) is 7.00. The Morgan fingerprint density at radius 1 is 1.14 bits per heavy atom. The predicted octanol–water partition coefficient (Wildman–Crippen LogP) is 2.02. The van der Waals surface area contributed by atoms with Crippen LogP contribution in [0.5, 0.6) is 0 Å². The molecule has 8 heteroatoms. The van der Waals surface area contributed by atoms with E-state index in [0.29, 0.717) is 18.0 Å². The van der Waals surface area contributed by atoms with E-state index in [-0.39, 0.29) is 29.5 Å². The van der Waals surface area contributed by atoms with Gasteiger partial charge >= 0.3 is 17.6 Å². The number of benzene rings is 2. The fourth-order valence-electron chi connectivity index (χ4n) is 4.16. The van der Waals surface area contributed by atoms with Gasteiger partial charge in [-0.05, 0) is 36.8 Å². The average molecular weight is 393 g/mol. The number of aromatic nitrogens is 2. The zero-order chi connectivity index (χ0) is 20.1. The van der Waals surface area contributed by atoms with Crippen molar-refractivity contribution in [3.63, 3.8) is 0 Å². The van der Waals surface area contributed by atoms with Crippen molar-refractivity contribution in [2.75, 3.05) is 6.54 Å². The highest BCUT2D eigenvalue weighted by Crippen LogP contribution is 2.30. The summed E-state index contributed by atoms with van der Waals surface area (Å²) >= 11 is 0. The summed E-state index contributed by atoms with van der Waals surface area (Å²) in [6.07, 6.45) is 0. The highest BCUT2D eigenvalue weighted by molar-refractivity contribution is 5.96. The second-order valence-electron chi connectivity index (χ2n) is 7.30. The Balaban J connectivity index is 1.54. The van der Waals surface area contributed by atoms with Gasteiger partial charge in [0.25, 0.3) is 0 Å². The minimum atomic E-state index is -0.682. The SMILES string of the molecule is CC1C2C(=O)NC(c3ccccc3)CN2C(=O)c2noc(-c3ccc(F)cc3)[n+]21. The molecule has 29 heavy (non-hydrogen) atoms. The molecule has 1 aromatic heterocycles. The van der Waals surface area contributed by atoms with Crippen LogP contribution in [0.15, 0.2) is 59.1 Å². The van der Waals surface area contributed by atoms with E-state index < -0.39 is 12.1 Å². The number of carbonyl (C=O) groups is 2. The van der Waals surface area contributed by atoms with Crippen LogP contribution in [0.25, 0.3) is 11.5 Å². The maximum Gasteiger partial charge on any atom is 0.438 e. The lowest BCUT2D eigenvalue weighted by atomic mass is 9.95. The molecule has 0 spiro atoms. The smallest absolute Gasteiger partial charge is 0.346 e. The summed E-state index contributed by atoms with van der Waals surface area (Å²) in [7, 11) is 0. The van der Waals surface area contributed by atoms with Crippen molar-refractivity contribution < 1.29 is 23.1 Å². The molecule has 0 bridgehead atoms. The monoisotopic (exact) mass is 393 g/mol. The molecule has 2 aliphatic heterocycles. The highest BCUT2D eigenvalue weighted by Gasteiger charge is 2.53. The van der Waals surface area contributed by atoms with Gasteiger partial charge in [0.05, 0.1) is 11.6 Å². The summed E-state index contributed by atoms with van der Waals surface area (Å²) in [6.45, 7) is 2.20. The van der Waals surface area contributed by atoms with Crippen molar-refractivity contribution in [3.05, 3.63) is 71.8 Å². The predicted molar refractivity (Wildman–Crippen MR) is 99.0 cm³/mol. The third-order valence-electron chi connectivity index (χ3n) is 5.58. The molecule has 5 rings (SSSR count). The first-order valence-corrected chi connectivity index (χ1v) is 9.38.